The molecule has 0 fully saturated rings. The quantitative estimate of drug-likeness (QED) is 0.597. The molecule has 0 spiro atoms. The summed E-state index contributed by atoms with van der Waals surface area (Å²) in [6.45, 7) is 1.46. The number of anilines is 2. The molecule has 1 aromatic carbocycles. The molecule has 0 amide bonds. The molecule has 0 aliphatic carbocycles. The van der Waals surface area contributed by atoms with Crippen molar-refractivity contribution in [3.05, 3.63) is 30.3 Å². The van der Waals surface area contributed by atoms with Crippen LogP contribution in [-0.4, -0.2) is 27.4 Å². The normalized spacial score (nSPS) is 11.5. The minimum atomic E-state index is -0.970. The van der Waals surface area contributed by atoms with Crippen LogP contribution in [0.5, 0.6) is 0 Å². The number of hydrogen-bond donors (Lipinski definition) is 2. The Morgan fingerprint density at radius 2 is 2.18 bits per heavy atom. The van der Waals surface area contributed by atoms with Crippen molar-refractivity contribution >= 4 is 45.4 Å². The predicted molar refractivity (Wildman–Crippen MR) is 87.9 cm³/mol. The van der Waals surface area contributed by atoms with Gasteiger partial charge in [-0.2, -0.15) is 5.26 Å². The van der Waals surface area contributed by atoms with Gasteiger partial charge >= 0.3 is 0 Å². The van der Waals surface area contributed by atoms with E-state index in [-0.39, 0.29) is 17.2 Å². The lowest BCUT2D eigenvalue weighted by atomic mass is 10.0. The first-order valence-electron chi connectivity index (χ1n) is 6.36. The smallest absolute Gasteiger partial charge is 0.210 e. The van der Waals surface area contributed by atoms with Gasteiger partial charge in [-0.3, -0.25) is 4.79 Å². The fourth-order valence-electron chi connectivity index (χ4n) is 1.59. The van der Waals surface area contributed by atoms with Crippen molar-refractivity contribution in [1.29, 1.82) is 10.7 Å². The molecule has 0 aliphatic rings. The third-order valence-electron chi connectivity index (χ3n) is 2.65. The highest BCUT2D eigenvalue weighted by Gasteiger charge is 2.20. The molecule has 2 N–H and O–H groups in total. The second kappa shape index (κ2) is 7.68. The number of ketones is 1. The Morgan fingerprint density at radius 3 is 2.82 bits per heavy atom. The first-order valence-corrected chi connectivity index (χ1v) is 8.16. The predicted octanol–water partition coefficient (Wildman–Crippen LogP) is 3.12. The summed E-state index contributed by atoms with van der Waals surface area (Å²) in [6, 6.07) is 11.4. The molecule has 0 bridgehead atoms. The monoisotopic (exact) mass is 331 g/mol. The summed E-state index contributed by atoms with van der Waals surface area (Å²) in [6.07, 6.45) is 0. The molecule has 1 atom stereocenters. The van der Waals surface area contributed by atoms with E-state index in [2.05, 4.69) is 15.5 Å². The molecule has 6 nitrogen and oxygen atoms in total. The van der Waals surface area contributed by atoms with Gasteiger partial charge in [0.15, 0.2) is 10.1 Å². The molecular formula is C14H13N5OS2. The van der Waals surface area contributed by atoms with E-state index >= 15 is 0 Å². The molecular weight excluding hydrogens is 318 g/mol. The highest BCUT2D eigenvalue weighted by Crippen LogP contribution is 2.28. The van der Waals surface area contributed by atoms with E-state index in [4.69, 9.17) is 10.7 Å². The van der Waals surface area contributed by atoms with Crippen LogP contribution in [-0.2, 0) is 4.79 Å². The van der Waals surface area contributed by atoms with Crippen LogP contribution in [0.1, 0.15) is 6.92 Å². The summed E-state index contributed by atoms with van der Waals surface area (Å²) < 4.78 is 0.645. The maximum Gasteiger partial charge on any atom is 0.210 e. The number of carbonyl (C=O) groups is 1. The number of aromatic nitrogens is 2. The summed E-state index contributed by atoms with van der Waals surface area (Å²) >= 11 is 2.57. The lowest BCUT2D eigenvalue weighted by Gasteiger charge is -2.04. The van der Waals surface area contributed by atoms with Crippen molar-refractivity contribution in [3.63, 3.8) is 0 Å². The van der Waals surface area contributed by atoms with Gasteiger partial charge in [-0.15, -0.1) is 10.2 Å². The van der Waals surface area contributed by atoms with Crippen LogP contribution >= 0.6 is 23.1 Å². The van der Waals surface area contributed by atoms with E-state index in [1.54, 1.807) is 0 Å². The maximum absolute atomic E-state index is 11.8. The molecule has 1 heterocycles. The van der Waals surface area contributed by atoms with Crippen LogP contribution in [0.4, 0.5) is 10.8 Å². The van der Waals surface area contributed by atoms with Gasteiger partial charge in [-0.05, 0) is 19.1 Å². The van der Waals surface area contributed by atoms with Gasteiger partial charge in [-0.1, -0.05) is 41.3 Å². The number of nitrogens with one attached hydrogen (secondary N) is 2. The Labute approximate surface area is 136 Å². The largest absolute Gasteiger partial charge is 0.330 e. The second-order valence-electron chi connectivity index (χ2n) is 4.36. The molecule has 8 heteroatoms. The van der Waals surface area contributed by atoms with Crippen molar-refractivity contribution in [2.24, 2.45) is 5.92 Å². The second-order valence-corrected chi connectivity index (χ2v) is 6.56. The van der Waals surface area contributed by atoms with Crippen LogP contribution in [0.3, 0.4) is 0 Å². The van der Waals surface area contributed by atoms with Crippen LogP contribution in [0.2, 0.25) is 0 Å². The molecule has 0 aliphatic heterocycles. The molecule has 22 heavy (non-hydrogen) atoms. The SMILES string of the molecule is CC(=N)C(C#N)C(=O)CSc1nnc(Nc2ccccc2)s1. The molecule has 0 saturated carbocycles. The number of rotatable bonds is 7. The summed E-state index contributed by atoms with van der Waals surface area (Å²) in [7, 11) is 0. The summed E-state index contributed by atoms with van der Waals surface area (Å²) in [5.41, 5.74) is 0.979. The van der Waals surface area contributed by atoms with E-state index in [1.807, 2.05) is 36.4 Å². The zero-order valence-corrected chi connectivity index (χ0v) is 13.4. The zero-order chi connectivity index (χ0) is 15.9. The fraction of sp³-hybridized carbons (Fsp3) is 0.214. The Hall–Kier alpha value is -2.24. The van der Waals surface area contributed by atoms with E-state index in [0.29, 0.717) is 9.47 Å². The summed E-state index contributed by atoms with van der Waals surface area (Å²) in [5, 5.41) is 28.0. The lowest BCUT2D eigenvalue weighted by Crippen LogP contribution is -2.21. The molecule has 2 aromatic rings. The fourth-order valence-corrected chi connectivity index (χ4v) is 3.27. The number of thioether (sulfide) groups is 1. The summed E-state index contributed by atoms with van der Waals surface area (Å²) in [5.74, 6) is -1.15. The number of para-hydroxylation sites is 1. The zero-order valence-electron chi connectivity index (χ0n) is 11.7. The van der Waals surface area contributed by atoms with Crippen LogP contribution < -0.4 is 5.32 Å². The van der Waals surface area contributed by atoms with Crippen LogP contribution in [0.25, 0.3) is 0 Å². The number of benzene rings is 1. The number of nitriles is 1. The minimum absolute atomic E-state index is 0.0665. The number of Topliss-reactive ketones (excluding diaryl/α,β-unsaturated/α-hetero) is 1. The Morgan fingerprint density at radius 1 is 1.45 bits per heavy atom. The molecule has 112 valence electrons. The van der Waals surface area contributed by atoms with Gasteiger partial charge in [0, 0.05) is 11.4 Å². The number of hydrogen-bond acceptors (Lipinski definition) is 8. The van der Waals surface area contributed by atoms with E-state index in [1.165, 1.54) is 30.0 Å². The lowest BCUT2D eigenvalue weighted by molar-refractivity contribution is -0.117. The van der Waals surface area contributed by atoms with E-state index in [0.717, 1.165) is 5.69 Å². The number of carbonyl (C=O) groups excluding carboxylic acids is 1. The Kier molecular flexibility index (Phi) is 5.63. The van der Waals surface area contributed by atoms with Crippen molar-refractivity contribution in [2.45, 2.75) is 11.3 Å². The van der Waals surface area contributed by atoms with Crippen molar-refractivity contribution in [1.82, 2.24) is 10.2 Å². The van der Waals surface area contributed by atoms with Crippen LogP contribution in [0, 0.1) is 22.7 Å². The number of nitrogens with zero attached hydrogens (tertiary/aromatic N) is 3. The van der Waals surface area contributed by atoms with Crippen LogP contribution in [0.15, 0.2) is 34.7 Å². The highest BCUT2D eigenvalue weighted by atomic mass is 32.2. The standard InChI is InChI=1S/C14H13N5OS2/c1-9(16)11(7-15)12(20)8-21-14-19-18-13(22-14)17-10-5-3-2-4-6-10/h2-6,11,16H,8H2,1H3,(H,17,18). The Bertz CT molecular complexity index is 708. The third kappa shape index (κ3) is 4.38. The first kappa shape index (κ1) is 16.1. The minimum Gasteiger partial charge on any atom is -0.330 e. The third-order valence-corrected chi connectivity index (χ3v) is 4.65. The first-order chi connectivity index (χ1) is 10.6. The van der Waals surface area contributed by atoms with Gasteiger partial charge in [0.1, 0.15) is 5.92 Å². The highest BCUT2D eigenvalue weighted by molar-refractivity contribution is 8.01. The van der Waals surface area contributed by atoms with Gasteiger partial charge in [-0.25, -0.2) is 0 Å². The average Bonchev–Trinajstić information content (AvgIpc) is 2.94. The molecule has 0 radical (unpaired) electrons. The van der Waals surface area contributed by atoms with Crippen molar-refractivity contribution in [3.8, 4) is 6.07 Å². The van der Waals surface area contributed by atoms with Gasteiger partial charge in [0.2, 0.25) is 5.13 Å². The summed E-state index contributed by atoms with van der Waals surface area (Å²) in [4.78, 5) is 11.8. The van der Waals surface area contributed by atoms with Crippen molar-refractivity contribution in [2.75, 3.05) is 11.1 Å². The van der Waals surface area contributed by atoms with Crippen molar-refractivity contribution < 1.29 is 4.79 Å². The molecule has 2 rings (SSSR count). The Balaban J connectivity index is 1.91. The van der Waals surface area contributed by atoms with Gasteiger partial charge in [0.05, 0.1) is 11.8 Å². The van der Waals surface area contributed by atoms with E-state index < -0.39 is 5.92 Å². The molecule has 1 unspecified atom stereocenters. The topological polar surface area (TPSA) is 103 Å². The maximum atomic E-state index is 11.8. The van der Waals surface area contributed by atoms with E-state index in [9.17, 15) is 4.79 Å². The average molecular weight is 331 g/mol. The van der Waals surface area contributed by atoms with Gasteiger partial charge in [0.25, 0.3) is 0 Å². The molecule has 1 aromatic heterocycles. The molecule has 0 saturated heterocycles. The van der Waals surface area contributed by atoms with Gasteiger partial charge < -0.3 is 10.7 Å².